The number of carbonyl (C=O) groups excluding carboxylic acids is 1. The third kappa shape index (κ3) is 2.73. The number of para-hydroxylation sites is 1. The Labute approximate surface area is 119 Å². The van der Waals surface area contributed by atoms with Crippen molar-refractivity contribution in [2.24, 2.45) is 0 Å². The first-order valence-corrected chi connectivity index (χ1v) is 6.97. The fourth-order valence-electron chi connectivity index (χ4n) is 2.59. The van der Waals surface area contributed by atoms with Gasteiger partial charge in [-0.15, -0.1) is 0 Å². The second-order valence-electron chi connectivity index (χ2n) is 5.01. The van der Waals surface area contributed by atoms with Crippen molar-refractivity contribution in [1.29, 1.82) is 0 Å². The van der Waals surface area contributed by atoms with Gasteiger partial charge in [0.25, 0.3) is 0 Å². The van der Waals surface area contributed by atoms with Crippen molar-refractivity contribution >= 4 is 11.6 Å². The van der Waals surface area contributed by atoms with E-state index >= 15 is 0 Å². The van der Waals surface area contributed by atoms with Crippen LogP contribution in [0.25, 0.3) is 0 Å². The number of nitrogens with zero attached hydrogens (tertiary/aromatic N) is 1. The topological polar surface area (TPSA) is 32.3 Å². The first-order valence-electron chi connectivity index (χ1n) is 6.97. The maximum absolute atomic E-state index is 12.3. The summed E-state index contributed by atoms with van der Waals surface area (Å²) in [5.74, 6) is 0.144. The molecular formula is C17H18N2O. The number of nitrogens with one attached hydrogen (secondary N) is 1. The molecule has 3 rings (SSSR count). The van der Waals surface area contributed by atoms with Crippen LogP contribution in [0.4, 0.5) is 5.69 Å². The summed E-state index contributed by atoms with van der Waals surface area (Å²) in [7, 11) is 0. The molecular weight excluding hydrogens is 248 g/mol. The zero-order chi connectivity index (χ0) is 13.8. The highest BCUT2D eigenvalue weighted by Crippen LogP contribution is 2.22. The monoisotopic (exact) mass is 266 g/mol. The highest BCUT2D eigenvalue weighted by molar-refractivity contribution is 5.96. The largest absolute Gasteiger partial charge is 0.311 e. The Morgan fingerprint density at radius 3 is 2.55 bits per heavy atom. The van der Waals surface area contributed by atoms with E-state index in [4.69, 9.17) is 0 Å². The first kappa shape index (κ1) is 12.9. The number of benzene rings is 2. The van der Waals surface area contributed by atoms with Crippen LogP contribution in [0.15, 0.2) is 54.6 Å². The van der Waals surface area contributed by atoms with Gasteiger partial charge in [0.15, 0.2) is 0 Å². The molecule has 0 fully saturated rings. The molecule has 1 amide bonds. The lowest BCUT2D eigenvalue weighted by atomic mass is 10.1. The lowest BCUT2D eigenvalue weighted by Gasteiger charge is -2.22. The molecule has 2 aromatic rings. The number of carbonyl (C=O) groups is 1. The van der Waals surface area contributed by atoms with Gasteiger partial charge in [0.2, 0.25) is 5.91 Å². The first-order chi connectivity index (χ1) is 9.84. The smallest absolute Gasteiger partial charge is 0.240 e. The Kier molecular flexibility index (Phi) is 3.79. The van der Waals surface area contributed by atoms with Crippen LogP contribution in [0.3, 0.4) is 0 Å². The minimum Gasteiger partial charge on any atom is -0.311 e. The summed E-state index contributed by atoms with van der Waals surface area (Å²) in [6, 6.07) is 18.4. The summed E-state index contributed by atoms with van der Waals surface area (Å²) in [4.78, 5) is 14.2. The number of hydrogen-bond donors (Lipinski definition) is 1. The molecule has 0 spiro atoms. The molecule has 0 saturated carbocycles. The van der Waals surface area contributed by atoms with Crippen LogP contribution in [0.5, 0.6) is 0 Å². The van der Waals surface area contributed by atoms with E-state index < -0.39 is 0 Å². The molecule has 20 heavy (non-hydrogen) atoms. The average molecular weight is 266 g/mol. The maximum atomic E-state index is 12.3. The molecule has 0 atom stereocenters. The van der Waals surface area contributed by atoms with Crippen molar-refractivity contribution in [2.75, 3.05) is 18.0 Å². The molecule has 0 aliphatic carbocycles. The van der Waals surface area contributed by atoms with Crippen molar-refractivity contribution in [1.82, 2.24) is 5.32 Å². The van der Waals surface area contributed by atoms with Crippen LogP contribution >= 0.6 is 0 Å². The van der Waals surface area contributed by atoms with Crippen LogP contribution in [0, 0.1) is 0 Å². The number of fused-ring (bicyclic) bond motifs is 1. The fourth-order valence-corrected chi connectivity index (χ4v) is 2.59. The lowest BCUT2D eigenvalue weighted by Crippen LogP contribution is -2.37. The molecule has 1 aliphatic heterocycles. The van der Waals surface area contributed by atoms with Crippen LogP contribution in [-0.4, -0.2) is 19.0 Å². The summed E-state index contributed by atoms with van der Waals surface area (Å²) >= 11 is 0. The van der Waals surface area contributed by atoms with Gasteiger partial charge in [-0.05, 0) is 23.6 Å². The molecule has 1 heterocycles. The minimum absolute atomic E-state index is 0.144. The van der Waals surface area contributed by atoms with Crippen molar-refractivity contribution in [3.63, 3.8) is 0 Å². The van der Waals surface area contributed by atoms with Gasteiger partial charge in [-0.3, -0.25) is 4.79 Å². The Morgan fingerprint density at radius 1 is 0.950 bits per heavy atom. The van der Waals surface area contributed by atoms with E-state index in [1.165, 1.54) is 11.1 Å². The minimum atomic E-state index is 0.144. The fraction of sp³-hybridized carbons (Fsp3) is 0.235. The highest BCUT2D eigenvalue weighted by atomic mass is 16.2. The number of anilines is 1. The molecule has 0 bridgehead atoms. The molecule has 1 aliphatic rings. The molecule has 0 saturated heterocycles. The summed E-state index contributed by atoms with van der Waals surface area (Å²) < 4.78 is 0. The van der Waals surface area contributed by atoms with Gasteiger partial charge in [-0.1, -0.05) is 48.5 Å². The predicted octanol–water partition coefficient (Wildman–Crippen LogP) is 2.37. The third-order valence-corrected chi connectivity index (χ3v) is 3.64. The van der Waals surface area contributed by atoms with Crippen molar-refractivity contribution in [3.05, 3.63) is 65.7 Å². The number of amides is 1. The highest BCUT2D eigenvalue weighted by Gasteiger charge is 2.20. The van der Waals surface area contributed by atoms with Gasteiger partial charge < -0.3 is 10.2 Å². The molecule has 2 aromatic carbocycles. The van der Waals surface area contributed by atoms with Gasteiger partial charge in [0.05, 0.1) is 6.54 Å². The molecule has 0 unspecified atom stereocenters. The molecule has 102 valence electrons. The van der Waals surface area contributed by atoms with E-state index in [1.807, 2.05) is 41.3 Å². The summed E-state index contributed by atoms with van der Waals surface area (Å²) in [6.45, 7) is 1.88. The standard InChI is InChI=1S/C17H18N2O/c20-17-13-18-12-15-8-4-5-9-16(15)19(17)11-10-14-6-2-1-3-7-14/h1-9,18H,10-13H2. The third-order valence-electron chi connectivity index (χ3n) is 3.64. The number of hydrogen-bond acceptors (Lipinski definition) is 2. The second-order valence-corrected chi connectivity index (χ2v) is 5.01. The van der Waals surface area contributed by atoms with Crippen LogP contribution < -0.4 is 10.2 Å². The van der Waals surface area contributed by atoms with Gasteiger partial charge in [0.1, 0.15) is 0 Å². The van der Waals surface area contributed by atoms with E-state index in [0.29, 0.717) is 6.54 Å². The molecule has 1 N–H and O–H groups in total. The van der Waals surface area contributed by atoms with Gasteiger partial charge in [0, 0.05) is 18.8 Å². The molecule has 3 heteroatoms. The van der Waals surface area contributed by atoms with E-state index in [-0.39, 0.29) is 5.91 Å². The van der Waals surface area contributed by atoms with Crippen LogP contribution in [0.2, 0.25) is 0 Å². The zero-order valence-electron chi connectivity index (χ0n) is 11.4. The van der Waals surface area contributed by atoms with Crippen molar-refractivity contribution < 1.29 is 4.79 Å². The number of rotatable bonds is 3. The molecule has 0 radical (unpaired) electrons. The SMILES string of the molecule is O=C1CNCc2ccccc2N1CCc1ccccc1. The molecule has 3 nitrogen and oxygen atoms in total. The van der Waals surface area contributed by atoms with Gasteiger partial charge >= 0.3 is 0 Å². The Balaban J connectivity index is 1.81. The van der Waals surface area contributed by atoms with E-state index in [2.05, 4.69) is 23.5 Å². The van der Waals surface area contributed by atoms with E-state index in [9.17, 15) is 4.79 Å². The zero-order valence-corrected chi connectivity index (χ0v) is 11.4. The van der Waals surface area contributed by atoms with Gasteiger partial charge in [-0.2, -0.15) is 0 Å². The lowest BCUT2D eigenvalue weighted by molar-refractivity contribution is -0.117. The Hall–Kier alpha value is -2.13. The van der Waals surface area contributed by atoms with Crippen LogP contribution in [0.1, 0.15) is 11.1 Å². The van der Waals surface area contributed by atoms with Crippen LogP contribution in [-0.2, 0) is 17.8 Å². The normalized spacial score (nSPS) is 14.8. The van der Waals surface area contributed by atoms with E-state index in [1.54, 1.807) is 0 Å². The van der Waals surface area contributed by atoms with Crippen molar-refractivity contribution in [2.45, 2.75) is 13.0 Å². The Bertz CT molecular complexity index is 595. The second kappa shape index (κ2) is 5.88. The maximum Gasteiger partial charge on any atom is 0.240 e. The summed E-state index contributed by atoms with van der Waals surface area (Å²) in [5, 5.41) is 3.19. The average Bonchev–Trinajstić information content (AvgIpc) is 2.65. The van der Waals surface area contributed by atoms with E-state index in [0.717, 1.165) is 25.2 Å². The summed E-state index contributed by atoms with van der Waals surface area (Å²) in [6.07, 6.45) is 0.876. The predicted molar refractivity (Wildman–Crippen MR) is 80.6 cm³/mol. The quantitative estimate of drug-likeness (QED) is 0.925. The van der Waals surface area contributed by atoms with Crippen molar-refractivity contribution in [3.8, 4) is 0 Å². The Morgan fingerprint density at radius 2 is 1.70 bits per heavy atom. The van der Waals surface area contributed by atoms with Gasteiger partial charge in [-0.25, -0.2) is 0 Å². The summed E-state index contributed by atoms with van der Waals surface area (Å²) in [5.41, 5.74) is 3.49. The molecule has 0 aromatic heterocycles.